The molecule has 0 saturated heterocycles. The second-order valence-corrected chi connectivity index (χ2v) is 7.33. The summed E-state index contributed by atoms with van der Waals surface area (Å²) in [6.07, 6.45) is 0.859. The summed E-state index contributed by atoms with van der Waals surface area (Å²) in [5, 5.41) is 0. The van der Waals surface area contributed by atoms with E-state index in [0.717, 1.165) is 34.1 Å². The van der Waals surface area contributed by atoms with Gasteiger partial charge in [0.15, 0.2) is 5.60 Å². The van der Waals surface area contributed by atoms with Crippen molar-refractivity contribution in [1.29, 1.82) is 0 Å². The predicted molar refractivity (Wildman–Crippen MR) is 137 cm³/mol. The van der Waals surface area contributed by atoms with Crippen LogP contribution in [0.5, 0.6) is 23.0 Å². The van der Waals surface area contributed by atoms with E-state index in [0.29, 0.717) is 28.6 Å². The fourth-order valence-corrected chi connectivity index (χ4v) is 4.30. The molecule has 0 fully saturated rings. The Hall–Kier alpha value is -3.31. The van der Waals surface area contributed by atoms with E-state index in [1.165, 1.54) is 0 Å². The van der Waals surface area contributed by atoms with Crippen LogP contribution in [0.2, 0.25) is 0 Å². The van der Waals surface area contributed by atoms with Gasteiger partial charge in [0.2, 0.25) is 0 Å². The molecule has 0 aromatic heterocycles. The van der Waals surface area contributed by atoms with Crippen molar-refractivity contribution in [2.45, 2.75) is 47.1 Å². The molecule has 34 heavy (non-hydrogen) atoms. The Kier molecular flexibility index (Phi) is 9.28. The van der Waals surface area contributed by atoms with E-state index in [9.17, 15) is 4.79 Å². The molecule has 0 spiro atoms. The molecule has 1 heterocycles. The quantitative estimate of drug-likeness (QED) is 0.373. The summed E-state index contributed by atoms with van der Waals surface area (Å²) in [5.74, 6) is 2.65. The first-order valence-electron chi connectivity index (χ1n) is 11.7. The number of benzene rings is 3. The average Bonchev–Trinajstić information content (AvgIpc) is 2.89. The van der Waals surface area contributed by atoms with Crippen LogP contribution in [0.25, 0.3) is 0 Å². The Balaban J connectivity index is 0.000000970. The summed E-state index contributed by atoms with van der Waals surface area (Å²) in [7, 11) is 4.91. The van der Waals surface area contributed by atoms with Gasteiger partial charge in [-0.05, 0) is 37.1 Å². The van der Waals surface area contributed by atoms with Crippen molar-refractivity contribution < 1.29 is 23.7 Å². The van der Waals surface area contributed by atoms with Gasteiger partial charge in [0.1, 0.15) is 29.3 Å². The molecule has 5 heteroatoms. The third kappa shape index (κ3) is 4.40. The standard InChI is InChI=1S/C25H24O5.2C2H6/c1-15-10-19-23(12-21(15)27-3)30-24-13-22(28-4)16(2)11-20(24)25(19,29-5)18-9-7-6-8-17(18)14-26;2*1-2/h6-14H,1-5H3;2*1-2H3. The molecule has 5 nitrogen and oxygen atoms in total. The van der Waals surface area contributed by atoms with Crippen molar-refractivity contribution in [2.75, 3.05) is 21.3 Å². The number of aldehydes is 1. The summed E-state index contributed by atoms with van der Waals surface area (Å²) >= 11 is 0. The Morgan fingerprint density at radius 1 is 0.735 bits per heavy atom. The molecule has 4 rings (SSSR count). The van der Waals surface area contributed by atoms with Crippen LogP contribution in [0.3, 0.4) is 0 Å². The number of rotatable bonds is 5. The number of hydrogen-bond donors (Lipinski definition) is 0. The van der Waals surface area contributed by atoms with Gasteiger partial charge in [-0.3, -0.25) is 4.79 Å². The zero-order chi connectivity index (χ0) is 25.5. The van der Waals surface area contributed by atoms with Crippen LogP contribution in [-0.4, -0.2) is 27.6 Å². The number of methoxy groups -OCH3 is 3. The highest BCUT2D eigenvalue weighted by molar-refractivity contribution is 5.80. The third-order valence-electron chi connectivity index (χ3n) is 5.75. The SMILES string of the molecule is CC.CC.COc1cc2c(cc1C)C(OC)(c1ccccc1C=O)c1cc(C)c(OC)cc1O2. The Morgan fingerprint density at radius 2 is 1.21 bits per heavy atom. The van der Waals surface area contributed by atoms with Crippen molar-refractivity contribution in [1.82, 2.24) is 0 Å². The minimum atomic E-state index is -1.03. The van der Waals surface area contributed by atoms with Crippen molar-refractivity contribution >= 4 is 6.29 Å². The van der Waals surface area contributed by atoms with E-state index >= 15 is 0 Å². The van der Waals surface area contributed by atoms with Crippen LogP contribution in [0.1, 0.15) is 65.9 Å². The second-order valence-electron chi connectivity index (χ2n) is 7.33. The highest BCUT2D eigenvalue weighted by atomic mass is 16.5. The minimum Gasteiger partial charge on any atom is -0.496 e. The smallest absolute Gasteiger partial charge is 0.151 e. The van der Waals surface area contributed by atoms with Gasteiger partial charge in [-0.2, -0.15) is 0 Å². The van der Waals surface area contributed by atoms with E-state index in [4.69, 9.17) is 18.9 Å². The summed E-state index contributed by atoms with van der Waals surface area (Å²) in [4.78, 5) is 12.0. The molecule has 0 atom stereocenters. The van der Waals surface area contributed by atoms with E-state index in [1.54, 1.807) is 27.4 Å². The number of carbonyl (C=O) groups is 1. The predicted octanol–water partition coefficient (Wildman–Crippen LogP) is 7.23. The lowest BCUT2D eigenvalue weighted by molar-refractivity contribution is 0.0488. The van der Waals surface area contributed by atoms with Crippen molar-refractivity contribution in [2.24, 2.45) is 0 Å². The lowest BCUT2D eigenvalue weighted by Crippen LogP contribution is -2.36. The van der Waals surface area contributed by atoms with E-state index in [2.05, 4.69) is 0 Å². The maximum Gasteiger partial charge on any atom is 0.151 e. The number of aryl methyl sites for hydroxylation is 2. The van der Waals surface area contributed by atoms with E-state index in [1.807, 2.05) is 84.0 Å². The Labute approximate surface area is 203 Å². The van der Waals surface area contributed by atoms with E-state index < -0.39 is 5.60 Å². The van der Waals surface area contributed by atoms with Crippen LogP contribution in [0, 0.1) is 13.8 Å². The molecule has 0 aliphatic carbocycles. The first-order valence-corrected chi connectivity index (χ1v) is 11.7. The molecule has 182 valence electrons. The van der Waals surface area contributed by atoms with Crippen molar-refractivity contribution in [3.63, 3.8) is 0 Å². The topological polar surface area (TPSA) is 54.0 Å². The molecule has 0 radical (unpaired) electrons. The number of ether oxygens (including phenoxy) is 4. The van der Waals surface area contributed by atoms with Gasteiger partial charge in [-0.1, -0.05) is 52.0 Å². The van der Waals surface area contributed by atoms with Gasteiger partial charge >= 0.3 is 0 Å². The second kappa shape index (κ2) is 11.7. The molecule has 3 aromatic carbocycles. The molecular formula is C29H36O5. The first-order chi connectivity index (χ1) is 16.5. The van der Waals surface area contributed by atoms with Gasteiger partial charge in [-0.25, -0.2) is 0 Å². The van der Waals surface area contributed by atoms with Crippen LogP contribution in [0.15, 0.2) is 48.5 Å². The largest absolute Gasteiger partial charge is 0.496 e. The van der Waals surface area contributed by atoms with Crippen molar-refractivity contribution in [3.05, 3.63) is 81.9 Å². The fraction of sp³-hybridized carbons (Fsp3) is 0.345. The molecule has 3 aromatic rings. The monoisotopic (exact) mass is 464 g/mol. The zero-order valence-electron chi connectivity index (χ0n) is 21.7. The number of hydrogen-bond acceptors (Lipinski definition) is 5. The summed E-state index contributed by atoms with van der Waals surface area (Å²) < 4.78 is 23.6. The molecule has 0 amide bonds. The normalized spacial score (nSPS) is 12.4. The summed E-state index contributed by atoms with van der Waals surface area (Å²) in [6.45, 7) is 11.9. The lowest BCUT2D eigenvalue weighted by atomic mass is 9.75. The Bertz CT molecular complexity index is 1070. The van der Waals surface area contributed by atoms with Crippen LogP contribution in [-0.2, 0) is 10.3 Å². The van der Waals surface area contributed by atoms with E-state index in [-0.39, 0.29) is 0 Å². The molecule has 1 aliphatic heterocycles. The molecule has 0 N–H and O–H groups in total. The first kappa shape index (κ1) is 26.9. The molecular weight excluding hydrogens is 428 g/mol. The summed E-state index contributed by atoms with van der Waals surface area (Å²) in [5.41, 5.74) is 3.79. The minimum absolute atomic E-state index is 0.556. The fourth-order valence-electron chi connectivity index (χ4n) is 4.30. The average molecular weight is 465 g/mol. The molecule has 0 unspecified atom stereocenters. The van der Waals surface area contributed by atoms with Crippen molar-refractivity contribution in [3.8, 4) is 23.0 Å². The van der Waals surface area contributed by atoms with Gasteiger partial charge in [0, 0.05) is 41.5 Å². The van der Waals surface area contributed by atoms with Gasteiger partial charge in [0.05, 0.1) is 14.2 Å². The maximum absolute atomic E-state index is 12.0. The highest BCUT2D eigenvalue weighted by Gasteiger charge is 2.46. The molecule has 1 aliphatic rings. The van der Waals surface area contributed by atoms with Crippen LogP contribution < -0.4 is 14.2 Å². The van der Waals surface area contributed by atoms with Crippen LogP contribution >= 0.6 is 0 Å². The molecule has 0 saturated carbocycles. The maximum atomic E-state index is 12.0. The number of fused-ring (bicyclic) bond motifs is 2. The number of carbonyl (C=O) groups excluding carboxylic acids is 1. The molecule has 0 bridgehead atoms. The zero-order valence-corrected chi connectivity index (χ0v) is 21.7. The third-order valence-corrected chi connectivity index (χ3v) is 5.75. The summed E-state index contributed by atoms with van der Waals surface area (Å²) in [6, 6.07) is 15.2. The van der Waals surface area contributed by atoms with Gasteiger partial charge in [0.25, 0.3) is 0 Å². The lowest BCUT2D eigenvalue weighted by Gasteiger charge is -2.40. The van der Waals surface area contributed by atoms with Gasteiger partial charge in [-0.15, -0.1) is 0 Å². The Morgan fingerprint density at radius 3 is 1.62 bits per heavy atom. The highest BCUT2D eigenvalue weighted by Crippen LogP contribution is 2.55. The van der Waals surface area contributed by atoms with Gasteiger partial charge < -0.3 is 18.9 Å². The van der Waals surface area contributed by atoms with Crippen LogP contribution in [0.4, 0.5) is 0 Å².